The summed E-state index contributed by atoms with van der Waals surface area (Å²) in [6.07, 6.45) is 3.53. The van der Waals surface area contributed by atoms with E-state index in [1.165, 1.54) is 0 Å². The van der Waals surface area contributed by atoms with Gasteiger partial charge >= 0.3 is 6.03 Å². The number of hydrogen-bond donors (Lipinski definition) is 1. The molecule has 0 saturated carbocycles. The number of aromatic nitrogens is 3. The number of halogens is 1. The molecule has 0 radical (unpaired) electrons. The van der Waals surface area contributed by atoms with Crippen molar-refractivity contribution in [3.63, 3.8) is 0 Å². The van der Waals surface area contributed by atoms with E-state index in [1.807, 2.05) is 40.8 Å². The van der Waals surface area contributed by atoms with Gasteiger partial charge in [0.2, 0.25) is 0 Å². The molecule has 2 amide bonds. The molecule has 1 aromatic heterocycles. The first-order valence-electron chi connectivity index (χ1n) is 10.6. The number of carbonyl (C=O) groups excluding carboxylic acids is 1. The zero-order chi connectivity index (χ0) is 20.9. The molecule has 4 rings (SSSR count). The minimum absolute atomic E-state index is 0.0169. The smallest absolute Gasteiger partial charge is 0.317 e. The molecule has 2 aliphatic heterocycles. The van der Waals surface area contributed by atoms with Gasteiger partial charge in [-0.2, -0.15) is 0 Å². The van der Waals surface area contributed by atoms with E-state index >= 15 is 0 Å². The van der Waals surface area contributed by atoms with E-state index in [-0.39, 0.29) is 12.1 Å². The Balaban J connectivity index is 1.36. The Morgan fingerprint density at radius 1 is 1.23 bits per heavy atom. The molecule has 3 heterocycles. The number of amides is 2. The van der Waals surface area contributed by atoms with Gasteiger partial charge in [0.25, 0.3) is 0 Å². The summed E-state index contributed by atoms with van der Waals surface area (Å²) in [5.74, 6) is 1.35. The molecule has 162 valence electrons. The third kappa shape index (κ3) is 4.77. The Labute approximate surface area is 182 Å². The van der Waals surface area contributed by atoms with E-state index < -0.39 is 0 Å². The second-order valence-corrected chi connectivity index (χ2v) is 8.34. The quantitative estimate of drug-likeness (QED) is 0.785. The van der Waals surface area contributed by atoms with Gasteiger partial charge in [-0.1, -0.05) is 29.8 Å². The topological polar surface area (TPSA) is 75.5 Å². The Morgan fingerprint density at radius 3 is 2.63 bits per heavy atom. The number of ether oxygens (including phenoxy) is 1. The molecular formula is C21H29ClN6O2. The van der Waals surface area contributed by atoms with Crippen LogP contribution < -0.4 is 5.32 Å². The van der Waals surface area contributed by atoms with Gasteiger partial charge in [0.15, 0.2) is 0 Å². The Morgan fingerprint density at radius 2 is 1.97 bits per heavy atom. The number of aryl methyl sites for hydroxylation is 1. The molecule has 0 aliphatic carbocycles. The number of likely N-dealkylation sites (tertiary alicyclic amines) is 1. The van der Waals surface area contributed by atoms with Crippen molar-refractivity contribution in [3.05, 3.63) is 47.0 Å². The number of morpholine rings is 1. The number of nitrogens with zero attached hydrogens (tertiary/aromatic N) is 5. The van der Waals surface area contributed by atoms with Crippen LogP contribution in [-0.4, -0.2) is 76.5 Å². The van der Waals surface area contributed by atoms with Gasteiger partial charge < -0.3 is 19.5 Å². The van der Waals surface area contributed by atoms with Crippen molar-refractivity contribution in [1.29, 1.82) is 0 Å². The summed E-state index contributed by atoms with van der Waals surface area (Å²) in [5.41, 5.74) is 1.04. The van der Waals surface area contributed by atoms with Crippen molar-refractivity contribution in [2.24, 2.45) is 7.05 Å². The summed E-state index contributed by atoms with van der Waals surface area (Å²) in [5, 5.41) is 12.1. The number of urea groups is 1. The lowest BCUT2D eigenvalue weighted by atomic mass is 9.96. The molecule has 1 atom stereocenters. The van der Waals surface area contributed by atoms with Crippen LogP contribution in [0.2, 0.25) is 5.02 Å². The van der Waals surface area contributed by atoms with Gasteiger partial charge in [-0.25, -0.2) is 4.79 Å². The Kier molecular flexibility index (Phi) is 6.86. The van der Waals surface area contributed by atoms with E-state index in [2.05, 4.69) is 20.4 Å². The van der Waals surface area contributed by atoms with Gasteiger partial charge in [0.1, 0.15) is 12.2 Å². The van der Waals surface area contributed by atoms with E-state index in [0.29, 0.717) is 25.7 Å². The van der Waals surface area contributed by atoms with Crippen LogP contribution in [0.3, 0.4) is 0 Å². The lowest BCUT2D eigenvalue weighted by molar-refractivity contribution is 0.0164. The lowest BCUT2D eigenvalue weighted by Crippen LogP contribution is -2.48. The van der Waals surface area contributed by atoms with Crippen LogP contribution in [0.15, 0.2) is 30.6 Å². The van der Waals surface area contributed by atoms with Gasteiger partial charge in [-0.3, -0.25) is 4.90 Å². The van der Waals surface area contributed by atoms with Crippen molar-refractivity contribution < 1.29 is 9.53 Å². The Hall–Kier alpha value is -2.16. The average Bonchev–Trinajstić information content (AvgIpc) is 3.21. The summed E-state index contributed by atoms with van der Waals surface area (Å²) in [7, 11) is 1.97. The third-order valence-electron chi connectivity index (χ3n) is 6.09. The molecule has 8 nitrogen and oxygen atoms in total. The van der Waals surface area contributed by atoms with E-state index in [9.17, 15) is 4.79 Å². The molecule has 2 saturated heterocycles. The fourth-order valence-electron chi connectivity index (χ4n) is 4.37. The molecule has 30 heavy (non-hydrogen) atoms. The summed E-state index contributed by atoms with van der Waals surface area (Å²) < 4.78 is 7.47. The summed E-state index contributed by atoms with van der Waals surface area (Å²) in [6, 6.07) is 7.89. The van der Waals surface area contributed by atoms with Crippen LogP contribution in [0.25, 0.3) is 0 Å². The van der Waals surface area contributed by atoms with E-state index in [0.717, 1.165) is 55.4 Å². The van der Waals surface area contributed by atoms with Crippen LogP contribution in [0.4, 0.5) is 4.79 Å². The molecular weight excluding hydrogens is 404 g/mol. The molecule has 0 spiro atoms. The van der Waals surface area contributed by atoms with Crippen molar-refractivity contribution in [2.75, 3.05) is 45.9 Å². The molecule has 2 aromatic rings. The van der Waals surface area contributed by atoms with Crippen molar-refractivity contribution >= 4 is 17.6 Å². The number of hydrogen-bond acceptors (Lipinski definition) is 5. The van der Waals surface area contributed by atoms with Gasteiger partial charge in [-0.05, 0) is 24.5 Å². The highest BCUT2D eigenvalue weighted by Crippen LogP contribution is 2.29. The zero-order valence-electron chi connectivity index (χ0n) is 17.3. The number of rotatable bonds is 5. The number of piperidine rings is 1. The molecule has 9 heteroatoms. The monoisotopic (exact) mass is 432 g/mol. The molecule has 1 aromatic carbocycles. The van der Waals surface area contributed by atoms with Gasteiger partial charge in [-0.15, -0.1) is 10.2 Å². The van der Waals surface area contributed by atoms with Crippen LogP contribution in [0, 0.1) is 0 Å². The highest BCUT2D eigenvalue weighted by molar-refractivity contribution is 6.31. The minimum atomic E-state index is -0.0169. The normalized spacial score (nSPS) is 19.6. The first-order valence-corrected chi connectivity index (χ1v) is 10.9. The maximum atomic E-state index is 12.9. The van der Waals surface area contributed by atoms with Crippen LogP contribution >= 0.6 is 11.6 Å². The molecule has 2 fully saturated rings. The van der Waals surface area contributed by atoms with Gasteiger partial charge in [0, 0.05) is 50.7 Å². The van der Waals surface area contributed by atoms with Crippen LogP contribution in [-0.2, 0) is 11.8 Å². The number of benzene rings is 1. The van der Waals surface area contributed by atoms with Crippen LogP contribution in [0.5, 0.6) is 0 Å². The predicted molar refractivity (Wildman–Crippen MR) is 115 cm³/mol. The van der Waals surface area contributed by atoms with E-state index in [1.54, 1.807) is 6.33 Å². The van der Waals surface area contributed by atoms with Crippen molar-refractivity contribution in [3.8, 4) is 0 Å². The SMILES string of the molecule is Cn1cnnc1C1CCN(C(=O)NCC(c2ccccc2Cl)N2CCOCC2)CC1. The lowest BCUT2D eigenvalue weighted by Gasteiger charge is -2.36. The minimum Gasteiger partial charge on any atom is -0.379 e. The highest BCUT2D eigenvalue weighted by atomic mass is 35.5. The van der Waals surface area contributed by atoms with Crippen molar-refractivity contribution in [2.45, 2.75) is 24.8 Å². The fraction of sp³-hybridized carbons (Fsp3) is 0.571. The second kappa shape index (κ2) is 9.76. The Bertz CT molecular complexity index is 846. The first kappa shape index (κ1) is 21.1. The number of nitrogens with one attached hydrogen (secondary N) is 1. The summed E-state index contributed by atoms with van der Waals surface area (Å²) in [6.45, 7) is 5.01. The zero-order valence-corrected chi connectivity index (χ0v) is 18.1. The maximum absolute atomic E-state index is 12.9. The third-order valence-corrected chi connectivity index (χ3v) is 6.44. The first-order chi connectivity index (χ1) is 14.6. The summed E-state index contributed by atoms with van der Waals surface area (Å²) >= 11 is 6.49. The number of carbonyl (C=O) groups is 1. The second-order valence-electron chi connectivity index (χ2n) is 7.93. The highest BCUT2D eigenvalue weighted by Gasteiger charge is 2.28. The predicted octanol–water partition coefficient (Wildman–Crippen LogP) is 2.43. The fourth-order valence-corrected chi connectivity index (χ4v) is 4.63. The molecule has 0 bridgehead atoms. The maximum Gasteiger partial charge on any atom is 0.317 e. The summed E-state index contributed by atoms with van der Waals surface area (Å²) in [4.78, 5) is 17.1. The molecule has 1 unspecified atom stereocenters. The van der Waals surface area contributed by atoms with Crippen molar-refractivity contribution in [1.82, 2.24) is 29.9 Å². The van der Waals surface area contributed by atoms with Crippen LogP contribution in [0.1, 0.15) is 36.2 Å². The van der Waals surface area contributed by atoms with E-state index in [4.69, 9.17) is 16.3 Å². The molecule has 1 N–H and O–H groups in total. The van der Waals surface area contributed by atoms with Gasteiger partial charge in [0.05, 0.1) is 19.3 Å². The largest absolute Gasteiger partial charge is 0.379 e. The molecule has 2 aliphatic rings. The standard InChI is InChI=1S/C21H29ClN6O2/c1-26-15-24-25-20(26)16-6-8-28(9-7-16)21(29)23-14-19(27-10-12-30-13-11-27)17-4-2-3-5-18(17)22/h2-5,15-16,19H,6-14H2,1H3,(H,23,29). The average molecular weight is 433 g/mol.